The number of fused-ring (bicyclic) bond motifs is 4. The molecule has 9 heteroatoms. The van der Waals surface area contributed by atoms with Crippen LogP contribution in [0.3, 0.4) is 0 Å². The van der Waals surface area contributed by atoms with Gasteiger partial charge in [-0.3, -0.25) is 14.4 Å². The van der Waals surface area contributed by atoms with Crippen LogP contribution >= 0.6 is 0 Å². The van der Waals surface area contributed by atoms with Crippen molar-refractivity contribution in [3.8, 4) is 5.75 Å². The van der Waals surface area contributed by atoms with Gasteiger partial charge < -0.3 is 24.3 Å². The van der Waals surface area contributed by atoms with Gasteiger partial charge in [-0.25, -0.2) is 4.39 Å². The van der Waals surface area contributed by atoms with E-state index in [2.05, 4.69) is 5.32 Å². The second-order valence-electron chi connectivity index (χ2n) is 10.4. The van der Waals surface area contributed by atoms with E-state index < -0.39 is 17.6 Å². The molecule has 39 heavy (non-hydrogen) atoms. The van der Waals surface area contributed by atoms with E-state index in [9.17, 15) is 18.8 Å². The number of hydrogen-bond donors (Lipinski definition) is 1. The van der Waals surface area contributed by atoms with Gasteiger partial charge in [0.15, 0.2) is 17.7 Å². The van der Waals surface area contributed by atoms with E-state index in [-0.39, 0.29) is 53.8 Å². The molecule has 6 rings (SSSR count). The highest BCUT2D eigenvalue weighted by atomic mass is 19.1. The van der Waals surface area contributed by atoms with Gasteiger partial charge in [0.2, 0.25) is 5.43 Å². The molecular weight excluding hydrogens is 501 g/mol. The van der Waals surface area contributed by atoms with Crippen molar-refractivity contribution in [3.63, 3.8) is 0 Å². The van der Waals surface area contributed by atoms with E-state index in [1.807, 2.05) is 30.3 Å². The normalized spacial score (nSPS) is 21.9. The number of amides is 2. The monoisotopic (exact) mass is 531 g/mol. The van der Waals surface area contributed by atoms with Crippen LogP contribution in [0.5, 0.6) is 5.75 Å². The molecule has 2 amide bonds. The standard InChI is InChI=1S/C30H30FN3O5/c31-22-12-10-19(11-13-22)14-32-29(36)23-15-33-16-25-34(24-9-5-4-8-21(24)18-38-25)30(37)26(33)28(27(23)35)39-17-20-6-2-1-3-7-20/h1-3,6-7,10-13,15,21,24-25H,4-5,8-9,14,16-18H2,(H,32,36)/t21-,24-,25+/m0/s1. The van der Waals surface area contributed by atoms with Crippen LogP contribution in [0.1, 0.15) is 57.7 Å². The number of carbonyl (C=O) groups excluding carboxylic acids is 2. The van der Waals surface area contributed by atoms with Gasteiger partial charge in [0, 0.05) is 24.7 Å². The number of halogens is 1. The van der Waals surface area contributed by atoms with Gasteiger partial charge in [-0.05, 0) is 36.1 Å². The fourth-order valence-corrected chi connectivity index (χ4v) is 5.90. The lowest BCUT2D eigenvalue weighted by molar-refractivity contribution is -0.149. The van der Waals surface area contributed by atoms with Gasteiger partial charge in [-0.15, -0.1) is 0 Å². The van der Waals surface area contributed by atoms with Crippen LogP contribution in [0.15, 0.2) is 65.6 Å². The molecule has 0 bridgehead atoms. The predicted molar refractivity (Wildman–Crippen MR) is 141 cm³/mol. The Kier molecular flexibility index (Phi) is 6.91. The molecule has 1 aromatic heterocycles. The van der Waals surface area contributed by atoms with Gasteiger partial charge in [0.25, 0.3) is 11.8 Å². The van der Waals surface area contributed by atoms with Crippen LogP contribution in [0.2, 0.25) is 0 Å². The Morgan fingerprint density at radius 2 is 1.79 bits per heavy atom. The fraction of sp³-hybridized carbons (Fsp3) is 0.367. The Labute approximate surface area is 225 Å². The van der Waals surface area contributed by atoms with Crippen LogP contribution < -0.4 is 15.5 Å². The number of pyridine rings is 1. The van der Waals surface area contributed by atoms with Crippen LogP contribution in [-0.4, -0.2) is 40.2 Å². The number of nitrogens with one attached hydrogen (secondary N) is 1. The Balaban J connectivity index is 1.35. The third-order valence-electron chi connectivity index (χ3n) is 7.90. The predicted octanol–water partition coefficient (Wildman–Crippen LogP) is 3.87. The number of carbonyl (C=O) groups is 2. The molecule has 3 atom stereocenters. The molecule has 2 fully saturated rings. The highest BCUT2D eigenvalue weighted by Gasteiger charge is 2.46. The summed E-state index contributed by atoms with van der Waals surface area (Å²) in [6, 6.07) is 15.2. The van der Waals surface area contributed by atoms with E-state index in [1.54, 1.807) is 21.6 Å². The first-order chi connectivity index (χ1) is 19.0. The zero-order chi connectivity index (χ0) is 26.9. The average molecular weight is 532 g/mol. The smallest absolute Gasteiger partial charge is 0.276 e. The maximum absolute atomic E-state index is 14.0. The molecule has 3 aromatic rings. The Morgan fingerprint density at radius 3 is 2.59 bits per heavy atom. The molecular formula is C30H30FN3O5. The molecule has 1 saturated heterocycles. The van der Waals surface area contributed by atoms with Gasteiger partial charge in [-0.2, -0.15) is 0 Å². The summed E-state index contributed by atoms with van der Waals surface area (Å²) in [6.45, 7) is 1.08. The topological polar surface area (TPSA) is 89.9 Å². The van der Waals surface area contributed by atoms with Crippen molar-refractivity contribution in [1.82, 2.24) is 14.8 Å². The first-order valence-corrected chi connectivity index (χ1v) is 13.4. The number of benzene rings is 2. The zero-order valence-electron chi connectivity index (χ0n) is 21.5. The summed E-state index contributed by atoms with van der Waals surface area (Å²) in [4.78, 5) is 42.7. The van der Waals surface area contributed by atoms with Crippen molar-refractivity contribution in [3.05, 3.63) is 99.2 Å². The Hall–Kier alpha value is -3.98. The highest BCUT2D eigenvalue weighted by molar-refractivity contribution is 5.99. The quantitative estimate of drug-likeness (QED) is 0.522. The first-order valence-electron chi connectivity index (χ1n) is 13.4. The maximum Gasteiger partial charge on any atom is 0.276 e. The molecule has 3 heterocycles. The molecule has 1 N–H and O–H groups in total. The van der Waals surface area contributed by atoms with Crippen molar-refractivity contribution >= 4 is 11.8 Å². The van der Waals surface area contributed by atoms with E-state index in [4.69, 9.17) is 9.47 Å². The van der Waals surface area contributed by atoms with E-state index >= 15 is 0 Å². The van der Waals surface area contributed by atoms with Gasteiger partial charge >= 0.3 is 0 Å². The summed E-state index contributed by atoms with van der Waals surface area (Å²) < 4.78 is 27.0. The van der Waals surface area contributed by atoms with Crippen molar-refractivity contribution in [2.24, 2.45) is 5.92 Å². The SMILES string of the molecule is O=C(NCc1ccc(F)cc1)c1cn2c(c(OCc3ccccc3)c1=O)C(=O)N1[C@@H](C2)OC[C@@H]2CCCC[C@@H]21. The minimum absolute atomic E-state index is 0.0644. The second kappa shape index (κ2) is 10.6. The fourth-order valence-electron chi connectivity index (χ4n) is 5.90. The summed E-state index contributed by atoms with van der Waals surface area (Å²) in [5.74, 6) is -1.13. The molecule has 3 aliphatic rings. The molecule has 0 spiro atoms. The molecule has 1 saturated carbocycles. The molecule has 2 aromatic carbocycles. The van der Waals surface area contributed by atoms with Gasteiger partial charge in [0.05, 0.1) is 13.2 Å². The molecule has 0 unspecified atom stereocenters. The van der Waals surface area contributed by atoms with Crippen LogP contribution in [0, 0.1) is 11.7 Å². The third-order valence-corrected chi connectivity index (χ3v) is 7.90. The van der Waals surface area contributed by atoms with Crippen molar-refractivity contribution in [1.29, 1.82) is 0 Å². The van der Waals surface area contributed by atoms with E-state index in [0.717, 1.165) is 31.2 Å². The van der Waals surface area contributed by atoms with E-state index in [0.29, 0.717) is 18.7 Å². The number of rotatable bonds is 6. The molecule has 1 aliphatic carbocycles. The molecule has 2 aliphatic heterocycles. The summed E-state index contributed by atoms with van der Waals surface area (Å²) in [7, 11) is 0. The minimum Gasteiger partial charge on any atom is -0.483 e. The number of hydrogen-bond acceptors (Lipinski definition) is 5. The van der Waals surface area contributed by atoms with Crippen LogP contribution in [0.25, 0.3) is 0 Å². The molecule has 202 valence electrons. The first kappa shape index (κ1) is 25.3. The van der Waals surface area contributed by atoms with Gasteiger partial charge in [-0.1, -0.05) is 55.3 Å². The Morgan fingerprint density at radius 1 is 1.03 bits per heavy atom. The zero-order valence-corrected chi connectivity index (χ0v) is 21.5. The lowest BCUT2D eigenvalue weighted by atomic mass is 9.82. The van der Waals surface area contributed by atoms with Gasteiger partial charge in [0.1, 0.15) is 18.0 Å². The van der Waals surface area contributed by atoms with Crippen molar-refractivity contribution < 1.29 is 23.5 Å². The Bertz CT molecular complexity index is 1440. The lowest BCUT2D eigenvalue weighted by Gasteiger charge is -2.50. The average Bonchev–Trinajstić information content (AvgIpc) is 2.96. The third kappa shape index (κ3) is 4.94. The summed E-state index contributed by atoms with van der Waals surface area (Å²) in [6.07, 6.45) is 5.05. The summed E-state index contributed by atoms with van der Waals surface area (Å²) >= 11 is 0. The summed E-state index contributed by atoms with van der Waals surface area (Å²) in [5, 5.41) is 2.73. The van der Waals surface area contributed by atoms with Crippen LogP contribution in [0.4, 0.5) is 4.39 Å². The number of aromatic nitrogens is 1. The maximum atomic E-state index is 14.0. The van der Waals surface area contributed by atoms with Crippen molar-refractivity contribution in [2.45, 2.75) is 57.6 Å². The summed E-state index contributed by atoms with van der Waals surface area (Å²) in [5.41, 5.74) is 0.899. The lowest BCUT2D eigenvalue weighted by Crippen LogP contribution is -2.61. The van der Waals surface area contributed by atoms with Crippen molar-refractivity contribution in [2.75, 3.05) is 6.61 Å². The van der Waals surface area contributed by atoms with E-state index in [1.165, 1.54) is 18.3 Å². The second-order valence-corrected chi connectivity index (χ2v) is 10.4. The number of ether oxygens (including phenoxy) is 2. The molecule has 8 nitrogen and oxygen atoms in total. The molecule has 0 radical (unpaired) electrons. The minimum atomic E-state index is -0.640. The highest BCUT2D eigenvalue weighted by Crippen LogP contribution is 2.38. The van der Waals surface area contributed by atoms with Crippen LogP contribution in [-0.2, 0) is 24.4 Å². The largest absolute Gasteiger partial charge is 0.483 e. The number of nitrogens with zero attached hydrogens (tertiary/aromatic N) is 2.